The van der Waals surface area contributed by atoms with Gasteiger partial charge in [0.05, 0.1) is 12.1 Å². The molecule has 0 aromatic rings. The van der Waals surface area contributed by atoms with Crippen LogP contribution in [0.15, 0.2) is 0 Å². The Bertz CT molecular complexity index is 709. The number of carbonyl (C=O) groups excluding carboxylic acids is 3. The average molecular weight is 466 g/mol. The van der Waals surface area contributed by atoms with Crippen LogP contribution in [0.4, 0.5) is 4.79 Å². The van der Waals surface area contributed by atoms with Crippen LogP contribution in [0.25, 0.3) is 0 Å². The van der Waals surface area contributed by atoms with E-state index in [4.69, 9.17) is 19.3 Å². The Morgan fingerprint density at radius 1 is 1.22 bits per heavy atom. The highest BCUT2D eigenvalue weighted by Crippen LogP contribution is 2.30. The molecule has 0 bridgehead atoms. The number of carboxylic acids is 1. The van der Waals surface area contributed by atoms with E-state index in [9.17, 15) is 39.6 Å². The molecule has 0 radical (unpaired) electrons. The van der Waals surface area contributed by atoms with Crippen molar-refractivity contribution in [3.63, 3.8) is 0 Å². The fourth-order valence-electron chi connectivity index (χ4n) is 2.81. The van der Waals surface area contributed by atoms with Crippen LogP contribution in [-0.4, -0.2) is 104 Å². The van der Waals surface area contributed by atoms with Crippen molar-refractivity contribution in [1.82, 2.24) is 10.6 Å². The highest BCUT2D eigenvalue weighted by Gasteiger charge is 2.54. The van der Waals surface area contributed by atoms with Crippen LogP contribution < -0.4 is 10.6 Å². The van der Waals surface area contributed by atoms with Crippen LogP contribution >= 0.6 is 0 Å². The number of aliphatic hydroxyl groups is 4. The number of amides is 2. The number of carboxylic acid groups (broad SMARTS) is 1. The Kier molecular flexibility index (Phi) is 9.35. The molecule has 1 rings (SSSR count). The smallest absolute Gasteiger partial charge is 0.408 e. The molecule has 184 valence electrons. The Morgan fingerprint density at radius 3 is 2.31 bits per heavy atom. The van der Waals surface area contributed by atoms with E-state index in [0.717, 1.165) is 6.92 Å². The maximum atomic E-state index is 11.7. The zero-order valence-corrected chi connectivity index (χ0v) is 18.1. The first-order valence-electron chi connectivity index (χ1n) is 9.63. The summed E-state index contributed by atoms with van der Waals surface area (Å²) in [6.45, 7) is 4.52. The third-order valence-corrected chi connectivity index (χ3v) is 4.21. The second-order valence-electron chi connectivity index (χ2n) is 8.27. The monoisotopic (exact) mass is 466 g/mol. The minimum atomic E-state index is -2.90. The fourth-order valence-corrected chi connectivity index (χ4v) is 2.81. The molecule has 7 N–H and O–H groups in total. The van der Waals surface area contributed by atoms with E-state index < -0.39 is 85.4 Å². The van der Waals surface area contributed by atoms with Gasteiger partial charge in [-0.25, -0.2) is 9.59 Å². The number of nitrogens with one attached hydrogen (secondary N) is 2. The third-order valence-electron chi connectivity index (χ3n) is 4.21. The van der Waals surface area contributed by atoms with E-state index in [0.29, 0.717) is 0 Å². The van der Waals surface area contributed by atoms with Gasteiger partial charge in [0.25, 0.3) is 5.79 Å². The fraction of sp³-hybridized carbons (Fsp3) is 0.778. The number of ether oxygens (including phenoxy) is 3. The number of aliphatic carboxylic acids is 1. The van der Waals surface area contributed by atoms with E-state index >= 15 is 0 Å². The molecule has 1 heterocycles. The van der Waals surface area contributed by atoms with Gasteiger partial charge in [0.15, 0.2) is 0 Å². The highest BCUT2D eigenvalue weighted by atomic mass is 16.7. The van der Waals surface area contributed by atoms with E-state index in [1.54, 1.807) is 20.8 Å². The number of alkyl carbamates (subject to hydrolysis) is 1. The number of esters is 1. The van der Waals surface area contributed by atoms with Gasteiger partial charge in [-0.2, -0.15) is 0 Å². The van der Waals surface area contributed by atoms with Crippen LogP contribution in [0, 0.1) is 0 Å². The Balaban J connectivity index is 2.74. The lowest BCUT2D eigenvalue weighted by atomic mass is 9.88. The van der Waals surface area contributed by atoms with Gasteiger partial charge in [-0.05, 0) is 20.8 Å². The van der Waals surface area contributed by atoms with Crippen LogP contribution in [0.1, 0.15) is 34.1 Å². The van der Waals surface area contributed by atoms with E-state index in [-0.39, 0.29) is 0 Å². The van der Waals surface area contributed by atoms with Crippen molar-refractivity contribution >= 4 is 23.9 Å². The largest absolute Gasteiger partial charge is 0.477 e. The molecule has 2 amide bonds. The van der Waals surface area contributed by atoms with Gasteiger partial charge in [-0.1, -0.05) is 0 Å². The zero-order chi connectivity index (χ0) is 24.9. The van der Waals surface area contributed by atoms with E-state index in [1.165, 1.54) is 0 Å². The molecule has 0 spiro atoms. The summed E-state index contributed by atoms with van der Waals surface area (Å²) in [5.74, 6) is -6.41. The number of aliphatic hydroxyl groups excluding tert-OH is 3. The SMILES string of the molecule is CC(=O)N[C@H]1C(C(O)C(O)COC(=O)CNC(=O)OC(C)(C)C)O[C@](O)(C(=O)O)C[C@H]1O. The number of hydrogen-bond acceptors (Lipinski definition) is 11. The zero-order valence-electron chi connectivity index (χ0n) is 18.1. The predicted molar refractivity (Wildman–Crippen MR) is 103 cm³/mol. The summed E-state index contributed by atoms with van der Waals surface area (Å²) in [5, 5.41) is 54.3. The molecule has 14 nitrogen and oxygen atoms in total. The van der Waals surface area contributed by atoms with Gasteiger partial charge < -0.3 is 50.4 Å². The van der Waals surface area contributed by atoms with Crippen molar-refractivity contribution < 1.29 is 58.9 Å². The Morgan fingerprint density at radius 2 is 1.81 bits per heavy atom. The van der Waals surface area contributed by atoms with E-state index in [1.807, 2.05) is 0 Å². The molecule has 14 heteroatoms. The summed E-state index contributed by atoms with van der Waals surface area (Å²) in [5.41, 5.74) is -0.790. The number of rotatable bonds is 8. The third kappa shape index (κ3) is 8.20. The number of hydrogen-bond donors (Lipinski definition) is 7. The lowest BCUT2D eigenvalue weighted by Gasteiger charge is -2.44. The molecule has 32 heavy (non-hydrogen) atoms. The summed E-state index contributed by atoms with van der Waals surface area (Å²) in [4.78, 5) is 45.9. The van der Waals surface area contributed by atoms with Crippen LogP contribution in [-0.2, 0) is 28.6 Å². The second kappa shape index (κ2) is 10.9. The van der Waals surface area contributed by atoms with Crippen molar-refractivity contribution in [2.45, 2.75) is 76.0 Å². The van der Waals surface area contributed by atoms with Gasteiger partial charge in [0, 0.05) is 13.3 Å². The molecule has 1 aliphatic rings. The quantitative estimate of drug-likeness (QED) is 0.180. The average Bonchev–Trinajstić information content (AvgIpc) is 2.64. The number of carbonyl (C=O) groups is 4. The molecular formula is C18H30N2O12. The predicted octanol–water partition coefficient (Wildman–Crippen LogP) is -2.80. The van der Waals surface area contributed by atoms with Gasteiger partial charge >= 0.3 is 18.0 Å². The maximum absolute atomic E-state index is 11.7. The van der Waals surface area contributed by atoms with Crippen LogP contribution in [0.2, 0.25) is 0 Å². The van der Waals surface area contributed by atoms with Crippen LogP contribution in [0.5, 0.6) is 0 Å². The summed E-state index contributed by atoms with van der Waals surface area (Å²) >= 11 is 0. The highest BCUT2D eigenvalue weighted by molar-refractivity contribution is 5.78. The molecule has 1 aliphatic heterocycles. The first kappa shape index (κ1) is 27.5. The van der Waals surface area contributed by atoms with Gasteiger partial charge in [0.1, 0.15) is 37.1 Å². The lowest BCUT2D eigenvalue weighted by molar-refractivity contribution is -0.295. The standard InChI is InChI=1S/C18H30N2O12/c1-8(21)20-12-9(22)5-18(29,15(26)27)31-14(12)13(25)10(23)7-30-11(24)6-19-16(28)32-17(2,3)4/h9-10,12-14,22-23,25,29H,5-7H2,1-4H3,(H,19,28)(H,20,21)(H,26,27)/t9-,10?,12-,13?,14?,18+/m1/s1. The van der Waals surface area contributed by atoms with Gasteiger partial charge in [0.2, 0.25) is 5.91 Å². The van der Waals surface area contributed by atoms with Crippen molar-refractivity contribution in [1.29, 1.82) is 0 Å². The Hall–Kier alpha value is -2.52. The molecule has 1 fully saturated rings. The maximum Gasteiger partial charge on any atom is 0.408 e. The molecule has 0 aromatic heterocycles. The van der Waals surface area contributed by atoms with Crippen molar-refractivity contribution in [2.75, 3.05) is 13.2 Å². The van der Waals surface area contributed by atoms with E-state index in [2.05, 4.69) is 10.6 Å². The first-order valence-corrected chi connectivity index (χ1v) is 9.63. The Labute approximate surface area is 183 Å². The van der Waals surface area contributed by atoms with Gasteiger partial charge in [-0.15, -0.1) is 0 Å². The molecule has 1 saturated heterocycles. The summed E-state index contributed by atoms with van der Waals surface area (Å²) in [6.07, 6.45) is -9.01. The molecule has 0 saturated carbocycles. The van der Waals surface area contributed by atoms with Crippen molar-refractivity contribution in [3.05, 3.63) is 0 Å². The molecular weight excluding hydrogens is 436 g/mol. The van der Waals surface area contributed by atoms with Crippen molar-refractivity contribution in [2.24, 2.45) is 0 Å². The second-order valence-corrected chi connectivity index (χ2v) is 8.27. The normalized spacial score (nSPS) is 27.6. The molecule has 6 atom stereocenters. The van der Waals surface area contributed by atoms with Crippen molar-refractivity contribution in [3.8, 4) is 0 Å². The summed E-state index contributed by atoms with van der Waals surface area (Å²) < 4.78 is 14.7. The summed E-state index contributed by atoms with van der Waals surface area (Å²) in [6, 6.07) is -1.39. The minimum Gasteiger partial charge on any atom is -0.477 e. The summed E-state index contributed by atoms with van der Waals surface area (Å²) in [7, 11) is 0. The lowest BCUT2D eigenvalue weighted by Crippen LogP contribution is -2.67. The van der Waals surface area contributed by atoms with Gasteiger partial charge in [-0.3, -0.25) is 9.59 Å². The molecule has 3 unspecified atom stereocenters. The molecule has 0 aliphatic carbocycles. The minimum absolute atomic E-state index is 0.607. The van der Waals surface area contributed by atoms with Crippen LogP contribution in [0.3, 0.4) is 0 Å². The molecule has 0 aromatic carbocycles. The topological polar surface area (TPSA) is 221 Å². The first-order chi connectivity index (χ1) is 14.6.